The fourth-order valence-electron chi connectivity index (χ4n) is 2.13. The van der Waals surface area contributed by atoms with Crippen LogP contribution in [0.2, 0.25) is 0 Å². The van der Waals surface area contributed by atoms with Crippen LogP contribution in [0.15, 0.2) is 48.5 Å². The van der Waals surface area contributed by atoms with Crippen LogP contribution in [0.3, 0.4) is 0 Å². The van der Waals surface area contributed by atoms with Gasteiger partial charge < -0.3 is 14.8 Å². The lowest BCUT2D eigenvalue weighted by Crippen LogP contribution is -2.28. The largest absolute Gasteiger partial charge is 0.493 e. The number of para-hydroxylation sites is 2. The van der Waals surface area contributed by atoms with Gasteiger partial charge in [0, 0.05) is 6.42 Å². The molecule has 0 aliphatic rings. The van der Waals surface area contributed by atoms with E-state index in [0.717, 1.165) is 5.56 Å². The van der Waals surface area contributed by atoms with Crippen molar-refractivity contribution < 1.29 is 18.7 Å². The van der Waals surface area contributed by atoms with Crippen LogP contribution in [0.1, 0.15) is 12.0 Å². The molecule has 0 radical (unpaired) electrons. The topological polar surface area (TPSA) is 47.6 Å². The van der Waals surface area contributed by atoms with Crippen LogP contribution in [0.25, 0.3) is 0 Å². The lowest BCUT2D eigenvalue weighted by Gasteiger charge is -2.10. The lowest BCUT2D eigenvalue weighted by molar-refractivity contribution is -0.121. The molecule has 1 N–H and O–H groups in total. The molecule has 4 nitrogen and oxygen atoms in total. The highest BCUT2D eigenvalue weighted by Crippen LogP contribution is 2.25. The fourth-order valence-corrected chi connectivity index (χ4v) is 2.13. The van der Waals surface area contributed by atoms with E-state index in [1.54, 1.807) is 19.2 Å². The minimum absolute atomic E-state index is 0.0853. The van der Waals surface area contributed by atoms with Gasteiger partial charge in [0.2, 0.25) is 5.91 Å². The second-order valence-corrected chi connectivity index (χ2v) is 4.98. The third kappa shape index (κ3) is 5.62. The summed E-state index contributed by atoms with van der Waals surface area (Å²) in [4.78, 5) is 11.8. The Labute approximate surface area is 135 Å². The van der Waals surface area contributed by atoms with Gasteiger partial charge in [0.1, 0.15) is 12.4 Å². The number of hydrogen-bond acceptors (Lipinski definition) is 3. The van der Waals surface area contributed by atoms with E-state index in [-0.39, 0.29) is 11.7 Å². The summed E-state index contributed by atoms with van der Waals surface area (Å²) in [6.45, 7) is 0.756. The Bertz CT molecular complexity index is 646. The summed E-state index contributed by atoms with van der Waals surface area (Å²) in [5.41, 5.74) is 0.811. The molecule has 0 aromatic heterocycles. The highest BCUT2D eigenvalue weighted by atomic mass is 19.1. The number of halogens is 1. The summed E-state index contributed by atoms with van der Waals surface area (Å²) in [6.07, 6.45) is 0.828. The van der Waals surface area contributed by atoms with Crippen molar-refractivity contribution in [2.45, 2.75) is 12.8 Å². The number of benzene rings is 2. The first-order valence-electron chi connectivity index (χ1n) is 7.46. The molecule has 0 aliphatic heterocycles. The molecule has 0 atom stereocenters. The van der Waals surface area contributed by atoms with Crippen molar-refractivity contribution >= 4 is 5.91 Å². The zero-order chi connectivity index (χ0) is 16.5. The maximum Gasteiger partial charge on any atom is 0.220 e. The number of aryl methyl sites for hydroxylation is 1. The smallest absolute Gasteiger partial charge is 0.220 e. The first kappa shape index (κ1) is 16.8. The maximum absolute atomic E-state index is 13.0. The molecule has 1 amide bonds. The van der Waals surface area contributed by atoms with E-state index in [2.05, 4.69) is 5.32 Å². The van der Waals surface area contributed by atoms with Crippen LogP contribution in [0, 0.1) is 5.82 Å². The zero-order valence-corrected chi connectivity index (χ0v) is 13.0. The molecule has 0 saturated carbocycles. The van der Waals surface area contributed by atoms with E-state index in [9.17, 15) is 9.18 Å². The van der Waals surface area contributed by atoms with Gasteiger partial charge in [0.05, 0.1) is 13.7 Å². The molecular formula is C18H20FNO3. The summed E-state index contributed by atoms with van der Waals surface area (Å²) < 4.78 is 23.8. The molecule has 0 fully saturated rings. The molecule has 2 aromatic carbocycles. The molecule has 0 heterocycles. The molecule has 5 heteroatoms. The van der Waals surface area contributed by atoms with Gasteiger partial charge >= 0.3 is 0 Å². The van der Waals surface area contributed by atoms with Crippen molar-refractivity contribution in [3.63, 3.8) is 0 Å². The van der Waals surface area contributed by atoms with E-state index in [1.807, 2.05) is 24.3 Å². The number of carbonyl (C=O) groups is 1. The summed E-state index contributed by atoms with van der Waals surface area (Å²) in [6, 6.07) is 13.6. The van der Waals surface area contributed by atoms with Gasteiger partial charge in [-0.05, 0) is 36.2 Å². The molecule has 122 valence electrons. The fraction of sp³-hybridized carbons (Fsp3) is 0.278. The molecule has 23 heavy (non-hydrogen) atoms. The summed E-state index contributed by atoms with van der Waals surface area (Å²) in [5, 5.41) is 2.78. The van der Waals surface area contributed by atoms with Gasteiger partial charge in [-0.3, -0.25) is 4.79 Å². The lowest BCUT2D eigenvalue weighted by atomic mass is 10.1. The van der Waals surface area contributed by atoms with Crippen LogP contribution in [-0.4, -0.2) is 26.2 Å². The third-order valence-electron chi connectivity index (χ3n) is 3.28. The maximum atomic E-state index is 13.0. The Hall–Kier alpha value is -2.56. The average Bonchev–Trinajstić information content (AvgIpc) is 2.57. The Balaban J connectivity index is 1.67. The van der Waals surface area contributed by atoms with Gasteiger partial charge in [-0.2, -0.15) is 0 Å². The van der Waals surface area contributed by atoms with E-state index < -0.39 is 0 Å². The van der Waals surface area contributed by atoms with Crippen molar-refractivity contribution in [1.82, 2.24) is 5.32 Å². The Morgan fingerprint density at radius 1 is 1.13 bits per heavy atom. The Morgan fingerprint density at radius 3 is 2.65 bits per heavy atom. The standard InChI is InChI=1S/C18H20FNO3/c1-22-16-7-2-3-8-17(16)23-12-11-20-18(21)10-9-14-5-4-6-15(19)13-14/h2-8,13H,9-12H2,1H3,(H,20,21). The second-order valence-electron chi connectivity index (χ2n) is 4.98. The highest BCUT2D eigenvalue weighted by Gasteiger charge is 2.04. The van der Waals surface area contributed by atoms with E-state index in [4.69, 9.17) is 9.47 Å². The van der Waals surface area contributed by atoms with Gasteiger partial charge in [0.15, 0.2) is 11.5 Å². The minimum Gasteiger partial charge on any atom is -0.493 e. The van der Waals surface area contributed by atoms with Crippen LogP contribution in [0.4, 0.5) is 4.39 Å². The molecular weight excluding hydrogens is 297 g/mol. The normalized spacial score (nSPS) is 10.2. The van der Waals surface area contributed by atoms with Crippen molar-refractivity contribution in [3.8, 4) is 11.5 Å². The second kappa shape index (κ2) is 8.78. The molecule has 0 spiro atoms. The van der Waals surface area contributed by atoms with Crippen molar-refractivity contribution in [1.29, 1.82) is 0 Å². The van der Waals surface area contributed by atoms with Gasteiger partial charge in [-0.1, -0.05) is 24.3 Å². The SMILES string of the molecule is COc1ccccc1OCCNC(=O)CCc1cccc(F)c1. The van der Waals surface area contributed by atoms with Gasteiger partial charge in [-0.25, -0.2) is 4.39 Å². The number of amides is 1. The Morgan fingerprint density at radius 2 is 1.91 bits per heavy atom. The third-order valence-corrected chi connectivity index (χ3v) is 3.28. The number of nitrogens with one attached hydrogen (secondary N) is 1. The summed E-state index contributed by atoms with van der Waals surface area (Å²) in [5.74, 6) is 0.931. The van der Waals surface area contributed by atoms with E-state index in [0.29, 0.717) is 37.5 Å². The van der Waals surface area contributed by atoms with Gasteiger partial charge in [0.25, 0.3) is 0 Å². The average molecular weight is 317 g/mol. The van der Waals surface area contributed by atoms with Crippen LogP contribution in [0.5, 0.6) is 11.5 Å². The van der Waals surface area contributed by atoms with Crippen molar-refractivity contribution in [2.75, 3.05) is 20.3 Å². The van der Waals surface area contributed by atoms with E-state index in [1.165, 1.54) is 12.1 Å². The molecule has 0 saturated heterocycles. The van der Waals surface area contributed by atoms with Gasteiger partial charge in [-0.15, -0.1) is 0 Å². The zero-order valence-electron chi connectivity index (χ0n) is 13.0. The number of hydrogen-bond donors (Lipinski definition) is 1. The van der Waals surface area contributed by atoms with Crippen LogP contribution in [-0.2, 0) is 11.2 Å². The summed E-state index contributed by atoms with van der Waals surface area (Å²) in [7, 11) is 1.58. The molecule has 0 unspecified atom stereocenters. The molecule has 0 aliphatic carbocycles. The first-order chi connectivity index (χ1) is 11.2. The number of ether oxygens (including phenoxy) is 2. The Kier molecular flexibility index (Phi) is 6.41. The van der Waals surface area contributed by atoms with Crippen molar-refractivity contribution in [3.05, 3.63) is 59.9 Å². The molecule has 2 rings (SSSR count). The highest BCUT2D eigenvalue weighted by molar-refractivity contribution is 5.76. The predicted molar refractivity (Wildman–Crippen MR) is 86.2 cm³/mol. The number of rotatable bonds is 8. The number of carbonyl (C=O) groups excluding carboxylic acids is 1. The first-order valence-corrected chi connectivity index (χ1v) is 7.46. The molecule has 0 bridgehead atoms. The minimum atomic E-state index is -0.284. The predicted octanol–water partition coefficient (Wildman–Crippen LogP) is 2.96. The number of methoxy groups -OCH3 is 1. The quantitative estimate of drug-likeness (QED) is 0.762. The summed E-state index contributed by atoms with van der Waals surface area (Å²) >= 11 is 0. The molecule has 2 aromatic rings. The van der Waals surface area contributed by atoms with Crippen LogP contribution < -0.4 is 14.8 Å². The van der Waals surface area contributed by atoms with E-state index >= 15 is 0 Å². The monoisotopic (exact) mass is 317 g/mol. The van der Waals surface area contributed by atoms with Crippen LogP contribution >= 0.6 is 0 Å². The van der Waals surface area contributed by atoms with Crippen molar-refractivity contribution in [2.24, 2.45) is 0 Å².